The van der Waals surface area contributed by atoms with Gasteiger partial charge >= 0.3 is 51.4 Å². The molecule has 90 valence electrons. The predicted octanol–water partition coefficient (Wildman–Crippen LogP) is -4.91. The number of carbonyl (C=O) groups is 2. The van der Waals surface area contributed by atoms with E-state index in [1.807, 2.05) is 0 Å². The maximum Gasteiger partial charge on any atom is 1.00 e. The summed E-state index contributed by atoms with van der Waals surface area (Å²) >= 11 is 5.57. The molecule has 3 atom stereocenters. The quantitative estimate of drug-likeness (QED) is 0.289. The standard InChI is InChI=1S/C8H10ClNO5S.K/c1-8(3-9)6(7(12)13)10-4(11)2-5(10)16(8,14)15;/h5-6H,2-3H2,1H3,(H,12,13);/q;+1/p-1/t5-,6-,8-;/m0./s1. The number of fused-ring (bicyclic) bond motifs is 1. The van der Waals surface area contributed by atoms with Gasteiger partial charge in [0.25, 0.3) is 0 Å². The van der Waals surface area contributed by atoms with Gasteiger partial charge in [-0.15, -0.1) is 11.6 Å². The van der Waals surface area contributed by atoms with Gasteiger partial charge in [-0.25, -0.2) is 8.42 Å². The van der Waals surface area contributed by atoms with Crippen LogP contribution in [-0.4, -0.2) is 47.2 Å². The summed E-state index contributed by atoms with van der Waals surface area (Å²) in [4.78, 5) is 23.1. The van der Waals surface area contributed by atoms with E-state index in [-0.39, 0.29) is 63.7 Å². The van der Waals surface area contributed by atoms with Crippen LogP contribution in [0, 0.1) is 0 Å². The Kier molecular flexibility index (Phi) is 4.42. The zero-order valence-electron chi connectivity index (χ0n) is 9.34. The molecule has 6 nitrogen and oxygen atoms in total. The third-order valence-corrected chi connectivity index (χ3v) is 6.79. The third-order valence-electron chi connectivity index (χ3n) is 3.30. The number of halogens is 1. The molecular weight excluding hydrogens is 297 g/mol. The van der Waals surface area contributed by atoms with Crippen LogP contribution >= 0.6 is 11.6 Å². The van der Waals surface area contributed by atoms with Crippen molar-refractivity contribution in [3.05, 3.63) is 0 Å². The maximum atomic E-state index is 12.0. The molecule has 0 aromatic rings. The summed E-state index contributed by atoms with van der Waals surface area (Å²) in [6.07, 6.45) is -0.168. The van der Waals surface area contributed by atoms with Gasteiger partial charge < -0.3 is 14.8 Å². The molecule has 0 aromatic carbocycles. The molecule has 0 bridgehead atoms. The molecule has 0 aromatic heterocycles. The van der Waals surface area contributed by atoms with Gasteiger partial charge in [-0.05, 0) is 6.92 Å². The van der Waals surface area contributed by atoms with Crippen LogP contribution in [-0.2, 0) is 19.4 Å². The van der Waals surface area contributed by atoms with Gasteiger partial charge in [-0.2, -0.15) is 0 Å². The molecule has 2 aliphatic heterocycles. The van der Waals surface area contributed by atoms with Crippen LogP contribution < -0.4 is 56.5 Å². The van der Waals surface area contributed by atoms with Crippen molar-refractivity contribution in [1.29, 1.82) is 0 Å². The number of β-lactam (4-membered cyclic amide) rings is 1. The monoisotopic (exact) mass is 305 g/mol. The molecule has 2 heterocycles. The first-order valence-corrected chi connectivity index (χ1v) is 6.67. The molecule has 0 radical (unpaired) electrons. The molecule has 2 aliphatic rings. The van der Waals surface area contributed by atoms with Crippen molar-refractivity contribution in [2.75, 3.05) is 5.88 Å². The normalized spacial score (nSPS) is 38.0. The second-order valence-electron chi connectivity index (χ2n) is 4.17. The van der Waals surface area contributed by atoms with Gasteiger partial charge in [0.2, 0.25) is 5.91 Å². The van der Waals surface area contributed by atoms with Crippen LogP contribution in [0.5, 0.6) is 0 Å². The van der Waals surface area contributed by atoms with Crippen LogP contribution in [0.3, 0.4) is 0 Å². The van der Waals surface area contributed by atoms with E-state index in [4.69, 9.17) is 11.6 Å². The Morgan fingerprint density at radius 2 is 2.18 bits per heavy atom. The second kappa shape index (κ2) is 4.73. The zero-order valence-corrected chi connectivity index (χ0v) is 14.0. The largest absolute Gasteiger partial charge is 1.00 e. The summed E-state index contributed by atoms with van der Waals surface area (Å²) in [6.45, 7) is 1.24. The van der Waals surface area contributed by atoms with E-state index >= 15 is 0 Å². The fraction of sp³-hybridized carbons (Fsp3) is 0.750. The van der Waals surface area contributed by atoms with Crippen molar-refractivity contribution >= 4 is 33.3 Å². The maximum absolute atomic E-state index is 12.0. The molecule has 0 saturated carbocycles. The second-order valence-corrected chi connectivity index (χ2v) is 7.01. The number of amides is 1. The van der Waals surface area contributed by atoms with Crippen molar-refractivity contribution in [2.45, 2.75) is 29.5 Å². The number of nitrogens with zero attached hydrogens (tertiary/aromatic N) is 1. The van der Waals surface area contributed by atoms with Gasteiger partial charge in [0.1, 0.15) is 10.1 Å². The van der Waals surface area contributed by atoms with E-state index < -0.39 is 37.9 Å². The van der Waals surface area contributed by atoms with Crippen molar-refractivity contribution in [3.8, 4) is 0 Å². The zero-order chi connectivity index (χ0) is 12.3. The Hall–Kier alpha value is 0.816. The van der Waals surface area contributed by atoms with E-state index in [1.54, 1.807) is 0 Å². The Morgan fingerprint density at radius 1 is 1.65 bits per heavy atom. The number of aliphatic carboxylic acids is 1. The summed E-state index contributed by atoms with van der Waals surface area (Å²) in [7, 11) is -3.75. The number of sulfone groups is 1. The average molecular weight is 306 g/mol. The van der Waals surface area contributed by atoms with Crippen LogP contribution in [0.4, 0.5) is 0 Å². The third kappa shape index (κ3) is 1.84. The van der Waals surface area contributed by atoms with E-state index in [1.165, 1.54) is 6.92 Å². The molecule has 9 heteroatoms. The van der Waals surface area contributed by atoms with Crippen LogP contribution in [0.1, 0.15) is 13.3 Å². The van der Waals surface area contributed by atoms with Gasteiger partial charge in [0.05, 0.1) is 18.4 Å². The first-order valence-electron chi connectivity index (χ1n) is 4.59. The molecule has 0 N–H and O–H groups in total. The van der Waals surface area contributed by atoms with E-state index in [0.717, 1.165) is 4.90 Å². The molecular formula is C8H9ClKNO5S. The number of rotatable bonds is 2. The number of hydrogen-bond donors (Lipinski definition) is 0. The van der Waals surface area contributed by atoms with Crippen LogP contribution in [0.25, 0.3) is 0 Å². The molecule has 0 unspecified atom stereocenters. The summed E-state index contributed by atoms with van der Waals surface area (Å²) in [6, 6.07) is -1.48. The van der Waals surface area contributed by atoms with E-state index in [0.29, 0.717) is 0 Å². The van der Waals surface area contributed by atoms with E-state index in [9.17, 15) is 23.1 Å². The Morgan fingerprint density at radius 3 is 2.53 bits per heavy atom. The summed E-state index contributed by atoms with van der Waals surface area (Å²) in [5, 5.41) is 9.92. The smallest absolute Gasteiger partial charge is 0.548 e. The summed E-state index contributed by atoms with van der Waals surface area (Å²) in [5.41, 5.74) is 0. The van der Waals surface area contributed by atoms with Gasteiger partial charge in [0.15, 0.2) is 9.84 Å². The Bertz CT molecular complexity index is 480. The predicted molar refractivity (Wildman–Crippen MR) is 52.1 cm³/mol. The number of hydrogen-bond acceptors (Lipinski definition) is 5. The number of carboxylic acid groups (broad SMARTS) is 1. The SMILES string of the molecule is C[C@]1(CCl)[C@H](C(=O)[O-])N2C(=O)C[C@@H]2S1(=O)=O.[K+]. The van der Waals surface area contributed by atoms with Gasteiger partial charge in [-0.1, -0.05) is 0 Å². The van der Waals surface area contributed by atoms with E-state index in [2.05, 4.69) is 0 Å². The minimum Gasteiger partial charge on any atom is -0.548 e. The summed E-state index contributed by atoms with van der Waals surface area (Å²) < 4.78 is 22.3. The van der Waals surface area contributed by atoms with Crippen LogP contribution in [0.2, 0.25) is 0 Å². The Labute approximate surface area is 146 Å². The molecule has 0 spiro atoms. The molecule has 2 rings (SSSR count). The fourth-order valence-corrected chi connectivity index (χ4v) is 5.04. The molecule has 2 fully saturated rings. The fourth-order valence-electron chi connectivity index (χ4n) is 2.24. The van der Waals surface area contributed by atoms with Gasteiger partial charge in [-0.3, -0.25) is 4.79 Å². The van der Waals surface area contributed by atoms with Crippen molar-refractivity contribution in [3.63, 3.8) is 0 Å². The first kappa shape index (κ1) is 15.9. The molecule has 2 saturated heterocycles. The van der Waals surface area contributed by atoms with Crippen LogP contribution in [0.15, 0.2) is 0 Å². The number of carbonyl (C=O) groups excluding carboxylic acids is 2. The topological polar surface area (TPSA) is 94.6 Å². The molecule has 0 aliphatic carbocycles. The number of carboxylic acids is 1. The Balaban J connectivity index is 0.00000144. The van der Waals surface area contributed by atoms with Crippen molar-refractivity contribution in [1.82, 2.24) is 4.90 Å². The van der Waals surface area contributed by atoms with Crippen molar-refractivity contribution in [2.24, 2.45) is 0 Å². The minimum atomic E-state index is -3.75. The number of alkyl halides is 1. The molecule has 1 amide bonds. The summed E-state index contributed by atoms with van der Waals surface area (Å²) in [5.74, 6) is -2.45. The first-order chi connectivity index (χ1) is 7.27. The van der Waals surface area contributed by atoms with Gasteiger partial charge in [0, 0.05) is 5.88 Å². The average Bonchev–Trinajstić information content (AvgIpc) is 2.32. The van der Waals surface area contributed by atoms with Crippen molar-refractivity contribution < 1.29 is 74.5 Å². The minimum absolute atomic E-state index is 0. The molecule has 17 heavy (non-hydrogen) atoms.